The molecule has 1 aliphatic carbocycles. The van der Waals surface area contributed by atoms with Crippen LogP contribution in [0.4, 0.5) is 13.2 Å². The Labute approximate surface area is 199 Å². The third-order valence-corrected chi connectivity index (χ3v) is 6.55. The topological polar surface area (TPSA) is 18.5 Å². The molecule has 0 spiro atoms. The van der Waals surface area contributed by atoms with E-state index in [0.717, 1.165) is 31.2 Å². The van der Waals surface area contributed by atoms with Gasteiger partial charge in [-0.05, 0) is 79.3 Å². The molecule has 1 saturated carbocycles. The fraction of sp³-hybridized carbons (Fsp3) is 0.310. The van der Waals surface area contributed by atoms with Gasteiger partial charge in [0.1, 0.15) is 11.6 Å². The second-order valence-electron chi connectivity index (χ2n) is 8.71. The zero-order valence-corrected chi connectivity index (χ0v) is 19.3. The van der Waals surface area contributed by atoms with E-state index in [9.17, 15) is 13.2 Å². The van der Waals surface area contributed by atoms with Crippen LogP contribution < -0.4 is 9.47 Å². The maximum Gasteiger partial charge on any atom is 0.201 e. The molecular formula is C29H29F3O2. The summed E-state index contributed by atoms with van der Waals surface area (Å²) in [5.74, 6) is -1.30. The molecule has 0 aromatic heterocycles. The van der Waals surface area contributed by atoms with Gasteiger partial charge in [-0.2, -0.15) is 4.39 Å². The maximum absolute atomic E-state index is 14.7. The van der Waals surface area contributed by atoms with Gasteiger partial charge in [0.05, 0.1) is 13.2 Å². The molecule has 0 unspecified atom stereocenters. The third kappa shape index (κ3) is 5.30. The van der Waals surface area contributed by atoms with Gasteiger partial charge >= 0.3 is 0 Å². The van der Waals surface area contributed by atoms with E-state index in [0.29, 0.717) is 30.1 Å². The highest BCUT2D eigenvalue weighted by Crippen LogP contribution is 2.38. The van der Waals surface area contributed by atoms with Crippen LogP contribution in [0.3, 0.4) is 0 Å². The summed E-state index contributed by atoms with van der Waals surface area (Å²) in [7, 11) is 0. The van der Waals surface area contributed by atoms with Crippen LogP contribution in [0.1, 0.15) is 49.7 Å². The lowest BCUT2D eigenvalue weighted by atomic mass is 9.79. The highest BCUT2D eigenvalue weighted by atomic mass is 19.2. The number of ether oxygens (including phenoxy) is 2. The zero-order chi connectivity index (χ0) is 24.1. The molecule has 4 rings (SSSR count). The van der Waals surface area contributed by atoms with Gasteiger partial charge in [0, 0.05) is 11.6 Å². The Morgan fingerprint density at radius 1 is 0.882 bits per heavy atom. The van der Waals surface area contributed by atoms with Crippen molar-refractivity contribution in [3.8, 4) is 22.6 Å². The minimum Gasteiger partial charge on any atom is -0.494 e. The van der Waals surface area contributed by atoms with E-state index in [-0.39, 0.29) is 29.0 Å². The fourth-order valence-electron chi connectivity index (χ4n) is 4.61. The molecular weight excluding hydrogens is 437 g/mol. The smallest absolute Gasteiger partial charge is 0.201 e. The van der Waals surface area contributed by atoms with Crippen LogP contribution in [-0.4, -0.2) is 13.2 Å². The second kappa shape index (κ2) is 10.8. The quantitative estimate of drug-likeness (QED) is 0.333. The average molecular weight is 467 g/mol. The number of hydrogen-bond donors (Lipinski definition) is 0. The first-order chi connectivity index (χ1) is 16.5. The van der Waals surface area contributed by atoms with Crippen molar-refractivity contribution in [3.63, 3.8) is 0 Å². The predicted molar refractivity (Wildman–Crippen MR) is 130 cm³/mol. The Balaban J connectivity index is 1.34. The Morgan fingerprint density at radius 2 is 1.62 bits per heavy atom. The minimum absolute atomic E-state index is 0.0800. The Bertz CT molecular complexity index is 1130. The number of hydrogen-bond acceptors (Lipinski definition) is 2. The molecule has 0 atom stereocenters. The standard InChI is InChI=1S/C29H29F3O2/c1-3-19-5-9-22(10-6-19)25-15-16-27(29(32)28(25)31)34-18-20-7-11-21(12-8-20)24-14-13-23(33-4-2)17-26(24)30/h3,5-6,9-10,13-17,20-21H,1,4,7-8,11-12,18H2,2H3. The van der Waals surface area contributed by atoms with Crippen molar-refractivity contribution in [2.75, 3.05) is 13.2 Å². The van der Waals surface area contributed by atoms with Crippen LogP contribution in [0.2, 0.25) is 0 Å². The van der Waals surface area contributed by atoms with Crippen LogP contribution in [0.15, 0.2) is 61.2 Å². The van der Waals surface area contributed by atoms with Crippen LogP contribution in [0, 0.1) is 23.4 Å². The molecule has 0 saturated heterocycles. The highest BCUT2D eigenvalue weighted by molar-refractivity contribution is 5.67. The van der Waals surface area contributed by atoms with Gasteiger partial charge in [0.25, 0.3) is 0 Å². The van der Waals surface area contributed by atoms with E-state index < -0.39 is 11.6 Å². The summed E-state index contributed by atoms with van der Waals surface area (Å²) in [6.07, 6.45) is 5.04. The van der Waals surface area contributed by atoms with Crippen LogP contribution in [-0.2, 0) is 0 Å². The summed E-state index contributed by atoms with van der Waals surface area (Å²) in [5, 5.41) is 0. The average Bonchev–Trinajstić information content (AvgIpc) is 2.86. The van der Waals surface area contributed by atoms with Crippen molar-refractivity contribution < 1.29 is 22.6 Å². The minimum atomic E-state index is -0.976. The second-order valence-corrected chi connectivity index (χ2v) is 8.71. The van der Waals surface area contributed by atoms with Crippen molar-refractivity contribution in [2.24, 2.45) is 5.92 Å². The summed E-state index contributed by atoms with van der Waals surface area (Å²) >= 11 is 0. The van der Waals surface area contributed by atoms with Gasteiger partial charge in [-0.3, -0.25) is 0 Å². The molecule has 1 aliphatic rings. The first kappa shape index (κ1) is 23.9. The molecule has 0 heterocycles. The van der Waals surface area contributed by atoms with E-state index in [1.165, 1.54) is 12.1 Å². The zero-order valence-electron chi connectivity index (χ0n) is 19.3. The van der Waals surface area contributed by atoms with Crippen molar-refractivity contribution in [1.82, 2.24) is 0 Å². The monoisotopic (exact) mass is 466 g/mol. The van der Waals surface area contributed by atoms with Crippen molar-refractivity contribution >= 4 is 6.08 Å². The van der Waals surface area contributed by atoms with E-state index >= 15 is 0 Å². The van der Waals surface area contributed by atoms with Gasteiger partial charge in [-0.25, -0.2) is 8.78 Å². The lowest BCUT2D eigenvalue weighted by Crippen LogP contribution is -2.20. The molecule has 0 radical (unpaired) electrons. The number of rotatable bonds is 8. The highest BCUT2D eigenvalue weighted by Gasteiger charge is 2.26. The summed E-state index contributed by atoms with van der Waals surface area (Å²) in [5.41, 5.74) is 2.41. The Morgan fingerprint density at radius 3 is 2.26 bits per heavy atom. The van der Waals surface area contributed by atoms with Gasteiger partial charge in [-0.1, -0.05) is 43.0 Å². The lowest BCUT2D eigenvalue weighted by molar-refractivity contribution is 0.192. The molecule has 3 aromatic rings. The molecule has 2 nitrogen and oxygen atoms in total. The van der Waals surface area contributed by atoms with E-state index in [1.807, 2.05) is 19.1 Å². The Hall–Kier alpha value is -3.21. The molecule has 178 valence electrons. The summed E-state index contributed by atoms with van der Waals surface area (Å²) in [4.78, 5) is 0. The number of halogens is 3. The molecule has 0 aliphatic heterocycles. The molecule has 3 aromatic carbocycles. The van der Waals surface area contributed by atoms with Crippen LogP contribution in [0.25, 0.3) is 17.2 Å². The van der Waals surface area contributed by atoms with Crippen molar-refractivity contribution in [1.29, 1.82) is 0 Å². The SMILES string of the molecule is C=Cc1ccc(-c2ccc(OCC3CCC(c4ccc(OCC)cc4F)CC3)c(F)c2F)cc1. The van der Waals surface area contributed by atoms with Gasteiger partial charge in [-0.15, -0.1) is 0 Å². The fourth-order valence-corrected chi connectivity index (χ4v) is 4.61. The molecule has 0 amide bonds. The summed E-state index contributed by atoms with van der Waals surface area (Å²) in [6, 6.07) is 15.2. The first-order valence-corrected chi connectivity index (χ1v) is 11.8. The molecule has 0 N–H and O–H groups in total. The van der Waals surface area contributed by atoms with Crippen molar-refractivity contribution in [3.05, 3.63) is 89.8 Å². The van der Waals surface area contributed by atoms with E-state index in [4.69, 9.17) is 9.47 Å². The van der Waals surface area contributed by atoms with Gasteiger partial charge in [0.15, 0.2) is 11.6 Å². The summed E-state index contributed by atoms with van der Waals surface area (Å²) in [6.45, 7) is 6.37. The van der Waals surface area contributed by atoms with E-state index in [1.54, 1.807) is 36.4 Å². The van der Waals surface area contributed by atoms with E-state index in [2.05, 4.69) is 6.58 Å². The largest absolute Gasteiger partial charge is 0.494 e. The molecule has 34 heavy (non-hydrogen) atoms. The van der Waals surface area contributed by atoms with Crippen molar-refractivity contribution in [2.45, 2.75) is 38.5 Å². The van der Waals surface area contributed by atoms with Gasteiger partial charge in [0.2, 0.25) is 5.82 Å². The third-order valence-electron chi connectivity index (χ3n) is 6.55. The maximum atomic E-state index is 14.7. The first-order valence-electron chi connectivity index (χ1n) is 11.8. The molecule has 0 bridgehead atoms. The molecule has 5 heteroatoms. The van der Waals surface area contributed by atoms with Crippen LogP contribution in [0.5, 0.6) is 11.5 Å². The predicted octanol–water partition coefficient (Wildman–Crippen LogP) is 8.17. The summed E-state index contributed by atoms with van der Waals surface area (Å²) < 4.78 is 55.0. The lowest BCUT2D eigenvalue weighted by Gasteiger charge is -2.29. The Kier molecular flexibility index (Phi) is 7.61. The van der Waals surface area contributed by atoms with Crippen LogP contribution >= 0.6 is 0 Å². The van der Waals surface area contributed by atoms with Gasteiger partial charge < -0.3 is 9.47 Å². The number of benzene rings is 3. The molecule has 1 fully saturated rings. The normalized spacial score (nSPS) is 17.9.